The number of hydrogen-bond acceptors (Lipinski definition) is 6. The molecule has 2 atom stereocenters. The molecule has 2 aromatic heterocycles. The SMILES string of the molecule is C=CCn1c(SCC(=O)Nc2sc3c(c2C#N)CCCCC3)nnc1C1CC1c1ccccc1. The van der Waals surface area contributed by atoms with Crippen LogP contribution in [0.1, 0.15) is 64.9 Å². The number of hydrogen-bond donors (Lipinski definition) is 1. The molecular formula is C26H27N5OS2. The number of nitriles is 1. The van der Waals surface area contributed by atoms with Crippen LogP contribution in [-0.2, 0) is 24.2 Å². The second-order valence-electron chi connectivity index (χ2n) is 8.82. The lowest BCUT2D eigenvalue weighted by Gasteiger charge is -2.08. The summed E-state index contributed by atoms with van der Waals surface area (Å²) in [6, 6.07) is 12.8. The average Bonchev–Trinajstić information content (AvgIpc) is 3.52. The normalized spacial score (nSPS) is 19.0. The summed E-state index contributed by atoms with van der Waals surface area (Å²) in [4.78, 5) is 14.0. The summed E-state index contributed by atoms with van der Waals surface area (Å²) in [5.74, 6) is 1.87. The summed E-state index contributed by atoms with van der Waals surface area (Å²) in [6.07, 6.45) is 8.28. The molecule has 1 amide bonds. The van der Waals surface area contributed by atoms with E-state index in [2.05, 4.69) is 57.0 Å². The number of aromatic nitrogens is 3. The highest BCUT2D eigenvalue weighted by molar-refractivity contribution is 7.99. The van der Waals surface area contributed by atoms with Gasteiger partial charge in [0.05, 0.1) is 11.3 Å². The van der Waals surface area contributed by atoms with Crippen LogP contribution < -0.4 is 5.32 Å². The Kier molecular flexibility index (Phi) is 6.84. The van der Waals surface area contributed by atoms with Crippen LogP contribution in [0.3, 0.4) is 0 Å². The summed E-state index contributed by atoms with van der Waals surface area (Å²) < 4.78 is 2.08. The fraction of sp³-hybridized carbons (Fsp3) is 0.385. The highest BCUT2D eigenvalue weighted by Crippen LogP contribution is 2.54. The van der Waals surface area contributed by atoms with Crippen LogP contribution in [0.2, 0.25) is 0 Å². The van der Waals surface area contributed by atoms with Gasteiger partial charge in [0.15, 0.2) is 5.16 Å². The number of anilines is 1. The van der Waals surface area contributed by atoms with Crippen molar-refractivity contribution in [3.8, 4) is 6.07 Å². The molecule has 2 unspecified atom stereocenters. The Labute approximate surface area is 208 Å². The average molecular weight is 490 g/mol. The smallest absolute Gasteiger partial charge is 0.235 e. The summed E-state index contributed by atoms with van der Waals surface area (Å²) in [5, 5.41) is 23.0. The van der Waals surface area contributed by atoms with Gasteiger partial charge in [0.25, 0.3) is 0 Å². The summed E-state index contributed by atoms with van der Waals surface area (Å²) in [7, 11) is 0. The van der Waals surface area contributed by atoms with Gasteiger partial charge in [-0.3, -0.25) is 4.79 Å². The molecule has 0 radical (unpaired) electrons. The molecule has 1 fully saturated rings. The molecular weight excluding hydrogens is 462 g/mol. The maximum Gasteiger partial charge on any atom is 0.235 e. The maximum absolute atomic E-state index is 12.8. The van der Waals surface area contributed by atoms with Crippen molar-refractivity contribution in [2.24, 2.45) is 0 Å². The van der Waals surface area contributed by atoms with E-state index in [1.807, 2.05) is 12.1 Å². The van der Waals surface area contributed by atoms with E-state index in [0.717, 1.165) is 48.6 Å². The minimum absolute atomic E-state index is 0.124. The highest BCUT2D eigenvalue weighted by Gasteiger charge is 2.43. The van der Waals surface area contributed by atoms with E-state index in [4.69, 9.17) is 0 Å². The van der Waals surface area contributed by atoms with Crippen LogP contribution in [0.25, 0.3) is 0 Å². The van der Waals surface area contributed by atoms with Gasteiger partial charge in [-0.25, -0.2) is 0 Å². The standard InChI is InChI=1S/C26H27N5OS2/c1-2-13-31-24(20-14-19(20)17-9-5-3-6-10-17)29-30-26(31)33-16-23(32)28-25-21(15-27)18-11-7-4-8-12-22(18)34-25/h2-3,5-6,9-10,19-20H,1,4,7-8,11-14,16H2,(H,28,32). The van der Waals surface area contributed by atoms with Gasteiger partial charge in [-0.1, -0.05) is 54.6 Å². The maximum atomic E-state index is 12.8. The summed E-state index contributed by atoms with van der Waals surface area (Å²) in [5.41, 5.74) is 3.12. The Morgan fingerprint density at radius 1 is 1.24 bits per heavy atom. The molecule has 2 aliphatic carbocycles. The number of allylic oxidation sites excluding steroid dienone is 1. The van der Waals surface area contributed by atoms with E-state index < -0.39 is 0 Å². The zero-order chi connectivity index (χ0) is 23.5. The number of amides is 1. The van der Waals surface area contributed by atoms with E-state index in [1.165, 1.54) is 28.6 Å². The molecule has 0 aliphatic heterocycles. The molecule has 1 N–H and O–H groups in total. The van der Waals surface area contributed by atoms with E-state index in [0.29, 0.717) is 28.9 Å². The van der Waals surface area contributed by atoms with Gasteiger partial charge >= 0.3 is 0 Å². The van der Waals surface area contributed by atoms with E-state index >= 15 is 0 Å². The van der Waals surface area contributed by atoms with Crippen molar-refractivity contribution in [1.29, 1.82) is 5.26 Å². The number of thiophene rings is 1. The van der Waals surface area contributed by atoms with Crippen molar-refractivity contribution in [2.45, 2.75) is 62.1 Å². The van der Waals surface area contributed by atoms with E-state index in [-0.39, 0.29) is 11.7 Å². The molecule has 6 nitrogen and oxygen atoms in total. The van der Waals surface area contributed by atoms with Crippen molar-refractivity contribution in [2.75, 3.05) is 11.1 Å². The Bertz CT molecular complexity index is 1240. The molecule has 174 valence electrons. The lowest BCUT2D eigenvalue weighted by Crippen LogP contribution is -2.15. The minimum atomic E-state index is -0.124. The van der Waals surface area contributed by atoms with Crippen LogP contribution in [0.5, 0.6) is 0 Å². The fourth-order valence-electron chi connectivity index (χ4n) is 4.77. The molecule has 8 heteroatoms. The molecule has 1 aromatic carbocycles. The third-order valence-corrected chi connectivity index (χ3v) is 8.70. The molecule has 34 heavy (non-hydrogen) atoms. The molecule has 1 saturated carbocycles. The first-order valence-corrected chi connectivity index (χ1v) is 13.6. The Morgan fingerprint density at radius 2 is 2.06 bits per heavy atom. The third kappa shape index (κ3) is 4.68. The van der Waals surface area contributed by atoms with Crippen molar-refractivity contribution in [1.82, 2.24) is 14.8 Å². The predicted molar refractivity (Wildman–Crippen MR) is 136 cm³/mol. The van der Waals surface area contributed by atoms with Crippen LogP contribution in [0.4, 0.5) is 5.00 Å². The largest absolute Gasteiger partial charge is 0.316 e. The van der Waals surface area contributed by atoms with Crippen LogP contribution in [-0.4, -0.2) is 26.4 Å². The number of aryl methyl sites for hydroxylation is 1. The van der Waals surface area contributed by atoms with Crippen LogP contribution >= 0.6 is 23.1 Å². The Hall–Kier alpha value is -2.89. The zero-order valence-corrected chi connectivity index (χ0v) is 20.6. The van der Waals surface area contributed by atoms with Gasteiger partial charge in [0, 0.05) is 17.3 Å². The first-order chi connectivity index (χ1) is 16.7. The fourth-order valence-corrected chi connectivity index (χ4v) is 6.78. The number of fused-ring (bicyclic) bond motifs is 1. The molecule has 0 bridgehead atoms. The zero-order valence-electron chi connectivity index (χ0n) is 19.0. The van der Waals surface area contributed by atoms with Gasteiger partial charge in [0.2, 0.25) is 5.91 Å². The van der Waals surface area contributed by atoms with Gasteiger partial charge < -0.3 is 9.88 Å². The van der Waals surface area contributed by atoms with Crippen LogP contribution in [0, 0.1) is 11.3 Å². The number of rotatable bonds is 8. The summed E-state index contributed by atoms with van der Waals surface area (Å²) >= 11 is 2.95. The highest BCUT2D eigenvalue weighted by atomic mass is 32.2. The second-order valence-corrected chi connectivity index (χ2v) is 10.9. The monoisotopic (exact) mass is 489 g/mol. The number of nitrogens with one attached hydrogen (secondary N) is 1. The van der Waals surface area contributed by atoms with Crippen molar-refractivity contribution >= 4 is 34.0 Å². The molecule has 2 heterocycles. The third-order valence-electron chi connectivity index (χ3n) is 6.53. The Balaban J connectivity index is 1.26. The lowest BCUT2D eigenvalue weighted by molar-refractivity contribution is -0.113. The number of thioether (sulfide) groups is 1. The van der Waals surface area contributed by atoms with E-state index in [1.54, 1.807) is 11.3 Å². The first-order valence-electron chi connectivity index (χ1n) is 11.8. The van der Waals surface area contributed by atoms with Crippen LogP contribution in [0.15, 0.2) is 48.1 Å². The van der Waals surface area contributed by atoms with Crippen molar-refractivity contribution < 1.29 is 4.79 Å². The van der Waals surface area contributed by atoms with E-state index in [9.17, 15) is 10.1 Å². The topological polar surface area (TPSA) is 83.6 Å². The number of carbonyl (C=O) groups excluding carboxylic acids is 1. The van der Waals surface area contributed by atoms with Crippen molar-refractivity contribution in [3.63, 3.8) is 0 Å². The second kappa shape index (κ2) is 10.2. The number of nitrogens with zero attached hydrogens (tertiary/aromatic N) is 4. The van der Waals surface area contributed by atoms with Crippen molar-refractivity contribution in [3.05, 3.63) is 70.4 Å². The van der Waals surface area contributed by atoms with Gasteiger partial charge in [-0.05, 0) is 49.1 Å². The number of benzene rings is 1. The van der Waals surface area contributed by atoms with Gasteiger partial charge in [0.1, 0.15) is 16.9 Å². The van der Waals surface area contributed by atoms with Gasteiger partial charge in [-0.2, -0.15) is 5.26 Å². The predicted octanol–water partition coefficient (Wildman–Crippen LogP) is 5.67. The molecule has 5 rings (SSSR count). The molecule has 0 saturated heterocycles. The Morgan fingerprint density at radius 3 is 2.85 bits per heavy atom. The number of carbonyl (C=O) groups is 1. The minimum Gasteiger partial charge on any atom is -0.316 e. The van der Waals surface area contributed by atoms with Gasteiger partial charge in [-0.15, -0.1) is 28.1 Å². The first kappa shape index (κ1) is 22.9. The lowest BCUT2D eigenvalue weighted by atomic mass is 10.1. The molecule has 2 aliphatic rings. The summed E-state index contributed by atoms with van der Waals surface area (Å²) in [6.45, 7) is 4.50. The quantitative estimate of drug-likeness (QED) is 0.250. The molecule has 0 spiro atoms. The molecule has 3 aromatic rings.